The van der Waals surface area contributed by atoms with Crippen LogP contribution in [-0.4, -0.2) is 71.3 Å². The van der Waals surface area contributed by atoms with Gasteiger partial charge in [-0.2, -0.15) is 0 Å². The van der Waals surface area contributed by atoms with Gasteiger partial charge >= 0.3 is 0 Å². The predicted octanol–water partition coefficient (Wildman–Crippen LogP) is 3.64. The van der Waals surface area contributed by atoms with Crippen molar-refractivity contribution < 1.29 is 32.2 Å². The first-order chi connectivity index (χ1) is 20.0. The van der Waals surface area contributed by atoms with E-state index >= 15 is 0 Å². The van der Waals surface area contributed by atoms with Gasteiger partial charge in [-0.05, 0) is 49.2 Å². The zero-order chi connectivity index (χ0) is 30.9. The van der Waals surface area contributed by atoms with Crippen LogP contribution >= 0.6 is 0 Å². The number of carbonyl (C=O) groups is 2. The number of amides is 2. The number of rotatable bonds is 14. The molecule has 0 fully saturated rings. The van der Waals surface area contributed by atoms with Crippen molar-refractivity contribution in [3.8, 4) is 17.2 Å². The molecule has 0 spiro atoms. The molecule has 1 atom stereocenters. The van der Waals surface area contributed by atoms with E-state index < -0.39 is 28.5 Å². The van der Waals surface area contributed by atoms with Crippen molar-refractivity contribution in [2.24, 2.45) is 0 Å². The standard InChI is InChI=1S/C31H39N3O7S/c1-22(2)32-31(36)28(18-23-11-8-7-9-12-23)33(20-24-13-10-14-25(17-24)39-3)30(35)21-34(42(6,37)38)27-16-15-26(40-4)19-29(27)41-5/h7-17,19,22,28H,18,20-21H2,1-6H3,(H,32,36). The molecular weight excluding hydrogens is 558 g/mol. The zero-order valence-corrected chi connectivity index (χ0v) is 25.7. The van der Waals surface area contributed by atoms with Crippen molar-refractivity contribution in [1.29, 1.82) is 0 Å². The molecule has 42 heavy (non-hydrogen) atoms. The van der Waals surface area contributed by atoms with E-state index in [4.69, 9.17) is 14.2 Å². The molecule has 10 nitrogen and oxygen atoms in total. The Hall–Kier alpha value is -4.25. The van der Waals surface area contributed by atoms with Gasteiger partial charge in [0.1, 0.15) is 29.8 Å². The molecule has 1 N–H and O–H groups in total. The van der Waals surface area contributed by atoms with E-state index in [1.54, 1.807) is 37.4 Å². The fourth-order valence-corrected chi connectivity index (χ4v) is 5.34. The number of ether oxygens (including phenoxy) is 3. The molecule has 0 aromatic heterocycles. The highest BCUT2D eigenvalue weighted by Crippen LogP contribution is 2.34. The number of sulfonamides is 1. The van der Waals surface area contributed by atoms with Crippen molar-refractivity contribution in [2.45, 2.75) is 38.9 Å². The van der Waals surface area contributed by atoms with Gasteiger partial charge in [0, 0.05) is 25.1 Å². The van der Waals surface area contributed by atoms with Gasteiger partial charge in [-0.25, -0.2) is 8.42 Å². The van der Waals surface area contributed by atoms with Gasteiger partial charge in [-0.3, -0.25) is 13.9 Å². The van der Waals surface area contributed by atoms with Gasteiger partial charge in [0.15, 0.2) is 0 Å². The van der Waals surface area contributed by atoms with Gasteiger partial charge in [0.2, 0.25) is 21.8 Å². The number of nitrogens with one attached hydrogen (secondary N) is 1. The van der Waals surface area contributed by atoms with Crippen LogP contribution in [0.5, 0.6) is 17.2 Å². The van der Waals surface area contributed by atoms with Crippen molar-refractivity contribution in [1.82, 2.24) is 10.2 Å². The summed E-state index contributed by atoms with van der Waals surface area (Å²) in [6.45, 7) is 3.15. The summed E-state index contributed by atoms with van der Waals surface area (Å²) in [6.07, 6.45) is 1.24. The Balaban J connectivity index is 2.11. The SMILES string of the molecule is COc1cccc(CN(C(=O)CN(c2ccc(OC)cc2OC)S(C)(=O)=O)C(Cc2ccccc2)C(=O)NC(C)C)c1. The van der Waals surface area contributed by atoms with Crippen LogP contribution in [0.4, 0.5) is 5.69 Å². The van der Waals surface area contributed by atoms with Crippen molar-refractivity contribution in [3.63, 3.8) is 0 Å². The summed E-state index contributed by atoms with van der Waals surface area (Å²) in [6, 6.07) is 20.1. The molecule has 0 saturated heterocycles. The molecule has 1 unspecified atom stereocenters. The lowest BCUT2D eigenvalue weighted by atomic mass is 10.0. The molecule has 0 saturated carbocycles. The topological polar surface area (TPSA) is 114 Å². The summed E-state index contributed by atoms with van der Waals surface area (Å²) in [7, 11) is 0.471. The number of hydrogen-bond donors (Lipinski definition) is 1. The van der Waals surface area contributed by atoms with E-state index in [1.807, 2.05) is 50.2 Å². The van der Waals surface area contributed by atoms with Crippen molar-refractivity contribution >= 4 is 27.5 Å². The van der Waals surface area contributed by atoms with Crippen LogP contribution in [0.25, 0.3) is 0 Å². The minimum Gasteiger partial charge on any atom is -0.497 e. The second kappa shape index (κ2) is 14.6. The molecule has 2 amide bonds. The maximum atomic E-state index is 14.2. The van der Waals surface area contributed by atoms with Crippen LogP contribution in [0.2, 0.25) is 0 Å². The Kier molecular flexibility index (Phi) is 11.2. The number of carbonyl (C=O) groups excluding carboxylic acids is 2. The Labute approximate surface area is 248 Å². The molecule has 3 aromatic rings. The lowest BCUT2D eigenvalue weighted by Crippen LogP contribution is -2.54. The lowest BCUT2D eigenvalue weighted by Gasteiger charge is -2.34. The van der Waals surface area contributed by atoms with E-state index in [0.29, 0.717) is 17.1 Å². The molecule has 0 aliphatic heterocycles. The zero-order valence-electron chi connectivity index (χ0n) is 24.9. The van der Waals surface area contributed by atoms with Crippen LogP contribution in [0.1, 0.15) is 25.0 Å². The lowest BCUT2D eigenvalue weighted by molar-refractivity contribution is -0.140. The third kappa shape index (κ3) is 8.62. The normalized spacial score (nSPS) is 11.9. The molecule has 0 heterocycles. The van der Waals surface area contributed by atoms with E-state index in [-0.39, 0.29) is 36.4 Å². The second-order valence-electron chi connectivity index (χ2n) is 10.0. The maximum Gasteiger partial charge on any atom is 0.244 e. The summed E-state index contributed by atoms with van der Waals surface area (Å²) < 4.78 is 43.2. The van der Waals surface area contributed by atoms with Crippen LogP contribution in [0.15, 0.2) is 72.8 Å². The highest BCUT2D eigenvalue weighted by Gasteiger charge is 2.34. The smallest absolute Gasteiger partial charge is 0.244 e. The molecule has 0 radical (unpaired) electrons. The number of anilines is 1. The van der Waals surface area contributed by atoms with E-state index in [9.17, 15) is 18.0 Å². The molecule has 0 bridgehead atoms. The third-order valence-electron chi connectivity index (χ3n) is 6.52. The quantitative estimate of drug-likeness (QED) is 0.302. The average molecular weight is 598 g/mol. The fraction of sp³-hybridized carbons (Fsp3) is 0.355. The number of methoxy groups -OCH3 is 3. The second-order valence-corrected chi connectivity index (χ2v) is 12.0. The molecule has 226 valence electrons. The largest absolute Gasteiger partial charge is 0.497 e. The fourth-order valence-electron chi connectivity index (χ4n) is 4.49. The van der Waals surface area contributed by atoms with E-state index in [0.717, 1.165) is 16.1 Å². The highest BCUT2D eigenvalue weighted by molar-refractivity contribution is 7.92. The summed E-state index contributed by atoms with van der Waals surface area (Å²) in [5.74, 6) is 0.347. The van der Waals surface area contributed by atoms with Gasteiger partial charge in [0.05, 0.1) is 33.3 Å². The summed E-state index contributed by atoms with van der Waals surface area (Å²) >= 11 is 0. The first kappa shape index (κ1) is 32.3. The maximum absolute atomic E-state index is 14.2. The molecule has 3 rings (SSSR count). The van der Waals surface area contributed by atoms with Crippen molar-refractivity contribution in [3.05, 3.63) is 83.9 Å². The van der Waals surface area contributed by atoms with Crippen molar-refractivity contribution in [2.75, 3.05) is 38.4 Å². The van der Waals surface area contributed by atoms with Gasteiger partial charge in [0.25, 0.3) is 0 Å². The minimum absolute atomic E-state index is 0.0381. The van der Waals surface area contributed by atoms with Crippen LogP contribution in [0, 0.1) is 0 Å². The molecule has 0 aliphatic carbocycles. The first-order valence-corrected chi connectivity index (χ1v) is 15.3. The molecule has 0 aliphatic rings. The Morgan fingerprint density at radius 1 is 0.833 bits per heavy atom. The van der Waals surface area contributed by atoms with E-state index in [2.05, 4.69) is 5.32 Å². The van der Waals surface area contributed by atoms with Gasteiger partial charge < -0.3 is 24.4 Å². The minimum atomic E-state index is -3.96. The highest BCUT2D eigenvalue weighted by atomic mass is 32.2. The molecular formula is C31H39N3O7S. The van der Waals surface area contributed by atoms with Crippen LogP contribution < -0.4 is 23.8 Å². The number of nitrogens with zero attached hydrogens (tertiary/aromatic N) is 2. The first-order valence-electron chi connectivity index (χ1n) is 13.4. The van der Waals surface area contributed by atoms with E-state index in [1.165, 1.54) is 25.2 Å². The average Bonchev–Trinajstić information content (AvgIpc) is 2.96. The third-order valence-corrected chi connectivity index (χ3v) is 7.65. The van der Waals surface area contributed by atoms with Crippen LogP contribution in [-0.2, 0) is 32.6 Å². The van der Waals surface area contributed by atoms with Gasteiger partial charge in [-0.1, -0.05) is 42.5 Å². The van der Waals surface area contributed by atoms with Crippen LogP contribution in [0.3, 0.4) is 0 Å². The number of benzene rings is 3. The molecule has 11 heteroatoms. The Bertz CT molecular complexity index is 1460. The summed E-state index contributed by atoms with van der Waals surface area (Å²) in [4.78, 5) is 29.3. The van der Waals surface area contributed by atoms with Gasteiger partial charge in [-0.15, -0.1) is 0 Å². The summed E-state index contributed by atoms with van der Waals surface area (Å²) in [5, 5.41) is 2.93. The Morgan fingerprint density at radius 2 is 1.48 bits per heavy atom. The number of hydrogen-bond acceptors (Lipinski definition) is 7. The molecule has 3 aromatic carbocycles. The predicted molar refractivity (Wildman–Crippen MR) is 162 cm³/mol. The Morgan fingerprint density at radius 3 is 2.07 bits per heavy atom. The monoisotopic (exact) mass is 597 g/mol. The summed E-state index contributed by atoms with van der Waals surface area (Å²) in [5.41, 5.74) is 1.73.